The zero-order valence-corrected chi connectivity index (χ0v) is 17.8. The van der Waals surface area contributed by atoms with Crippen molar-refractivity contribution in [2.75, 3.05) is 13.2 Å². The second kappa shape index (κ2) is 11.3. The van der Waals surface area contributed by atoms with E-state index in [-0.39, 0.29) is 0 Å². The summed E-state index contributed by atoms with van der Waals surface area (Å²) >= 11 is 0. The number of aryl methyl sites for hydroxylation is 1. The van der Waals surface area contributed by atoms with Crippen molar-refractivity contribution in [2.45, 2.75) is 77.6 Å². The number of hydrogen-bond donors (Lipinski definition) is 0. The average molecular weight is 383 g/mol. The van der Waals surface area contributed by atoms with Gasteiger partial charge in [-0.2, -0.15) is 0 Å². The topological polar surface area (TPSA) is 18.5 Å². The lowest BCUT2D eigenvalue weighted by Crippen LogP contribution is -2.20. The second-order valence-corrected chi connectivity index (χ2v) is 8.72. The lowest BCUT2D eigenvalue weighted by Gasteiger charge is -2.33. The van der Waals surface area contributed by atoms with Gasteiger partial charge in [0.25, 0.3) is 0 Å². The predicted octanol–water partition coefficient (Wildman–Crippen LogP) is 7.38. The van der Waals surface area contributed by atoms with Gasteiger partial charge < -0.3 is 9.47 Å². The fourth-order valence-corrected chi connectivity index (χ4v) is 4.49. The molecular formula is C26H38O2. The van der Waals surface area contributed by atoms with Crippen LogP contribution in [0.4, 0.5) is 0 Å². The minimum absolute atomic E-state index is 0.810. The highest BCUT2D eigenvalue weighted by Gasteiger charge is 2.26. The molecule has 0 saturated heterocycles. The molecule has 1 unspecified atom stereocenters. The summed E-state index contributed by atoms with van der Waals surface area (Å²) in [7, 11) is 0. The molecule has 0 bridgehead atoms. The van der Waals surface area contributed by atoms with Gasteiger partial charge in [0.15, 0.2) is 0 Å². The van der Waals surface area contributed by atoms with Gasteiger partial charge >= 0.3 is 0 Å². The molecule has 2 heteroatoms. The molecule has 3 rings (SSSR count). The number of benzene rings is 1. The Morgan fingerprint density at radius 3 is 2.11 bits per heavy atom. The molecule has 1 saturated carbocycles. The van der Waals surface area contributed by atoms with Crippen molar-refractivity contribution in [1.29, 1.82) is 0 Å². The third-order valence-corrected chi connectivity index (χ3v) is 6.43. The Kier molecular flexibility index (Phi) is 8.51. The number of ether oxygens (including phenoxy) is 2. The quantitative estimate of drug-likeness (QED) is 0.310. The van der Waals surface area contributed by atoms with E-state index in [0.717, 1.165) is 50.1 Å². The fourth-order valence-electron chi connectivity index (χ4n) is 4.49. The summed E-state index contributed by atoms with van der Waals surface area (Å²) in [5, 5.41) is 0. The lowest BCUT2D eigenvalue weighted by molar-refractivity contribution is 0.167. The van der Waals surface area contributed by atoms with Gasteiger partial charge in [-0.25, -0.2) is 0 Å². The van der Waals surface area contributed by atoms with Crippen LogP contribution in [0.15, 0.2) is 48.3 Å². The van der Waals surface area contributed by atoms with E-state index in [1.807, 2.05) is 0 Å². The smallest absolute Gasteiger partial charge is 0.119 e. The van der Waals surface area contributed by atoms with E-state index in [4.69, 9.17) is 9.47 Å². The van der Waals surface area contributed by atoms with Gasteiger partial charge in [-0.1, -0.05) is 29.8 Å². The Morgan fingerprint density at radius 2 is 1.46 bits per heavy atom. The van der Waals surface area contributed by atoms with Crippen LogP contribution in [0.5, 0.6) is 5.75 Å². The molecule has 2 aliphatic carbocycles. The van der Waals surface area contributed by atoms with E-state index in [1.54, 1.807) is 0 Å². The fraction of sp³-hybridized carbons (Fsp3) is 0.615. The number of allylic oxidation sites excluding steroid dienone is 3. The van der Waals surface area contributed by atoms with Crippen molar-refractivity contribution in [3.05, 3.63) is 53.8 Å². The van der Waals surface area contributed by atoms with Crippen LogP contribution in [-0.2, 0) is 4.74 Å². The average Bonchev–Trinajstić information content (AvgIpc) is 2.72. The highest BCUT2D eigenvalue weighted by Crippen LogP contribution is 2.39. The maximum absolute atomic E-state index is 6.04. The first-order chi connectivity index (χ1) is 13.7. The molecule has 0 aromatic heterocycles. The van der Waals surface area contributed by atoms with Crippen molar-refractivity contribution in [3.63, 3.8) is 0 Å². The molecule has 0 amide bonds. The Hall–Kier alpha value is -1.70. The van der Waals surface area contributed by atoms with Gasteiger partial charge in [0.1, 0.15) is 5.75 Å². The Bertz CT molecular complexity index is 618. The van der Waals surface area contributed by atoms with Crippen LogP contribution in [0, 0.1) is 18.8 Å². The van der Waals surface area contributed by atoms with Gasteiger partial charge in [-0.15, -0.1) is 0 Å². The molecule has 0 spiro atoms. The SMILES string of the molecule is C=C1CCC(C2CC=C(OCCCCCCOc3ccc(C)cc3)CC2)CC1. The van der Waals surface area contributed by atoms with E-state index < -0.39 is 0 Å². The first-order valence-electron chi connectivity index (χ1n) is 11.4. The maximum atomic E-state index is 6.04. The van der Waals surface area contributed by atoms with Crippen molar-refractivity contribution >= 4 is 0 Å². The highest BCUT2D eigenvalue weighted by atomic mass is 16.5. The largest absolute Gasteiger partial charge is 0.498 e. The molecule has 28 heavy (non-hydrogen) atoms. The number of rotatable bonds is 10. The molecule has 0 radical (unpaired) electrons. The molecule has 1 atom stereocenters. The van der Waals surface area contributed by atoms with E-state index in [9.17, 15) is 0 Å². The van der Waals surface area contributed by atoms with Crippen LogP contribution in [-0.4, -0.2) is 13.2 Å². The standard InChI is InChI=1S/C26H38O2/c1-21-7-11-23(12-8-21)24-13-17-26(18-14-24)28-20-6-4-3-5-19-27-25-15-9-22(2)10-16-25/h9-10,15-17,23-24H,1,3-8,11-14,18-20H2,2H3. The van der Waals surface area contributed by atoms with Gasteiger partial charge in [0.2, 0.25) is 0 Å². The van der Waals surface area contributed by atoms with Crippen molar-refractivity contribution < 1.29 is 9.47 Å². The number of hydrogen-bond acceptors (Lipinski definition) is 2. The summed E-state index contributed by atoms with van der Waals surface area (Å²) in [5.74, 6) is 4.04. The minimum atomic E-state index is 0.810. The summed E-state index contributed by atoms with van der Waals surface area (Å²) in [6.07, 6.45) is 16.0. The molecule has 1 aromatic carbocycles. The van der Waals surface area contributed by atoms with E-state index in [0.29, 0.717) is 0 Å². The first kappa shape index (κ1) is 21.0. The summed E-state index contributed by atoms with van der Waals surface area (Å²) < 4.78 is 11.8. The molecule has 154 valence electrons. The van der Waals surface area contributed by atoms with Gasteiger partial charge in [0.05, 0.1) is 19.0 Å². The molecule has 1 aromatic rings. The molecule has 2 aliphatic rings. The van der Waals surface area contributed by atoms with Crippen LogP contribution < -0.4 is 4.74 Å². The lowest BCUT2D eigenvalue weighted by atomic mass is 9.74. The van der Waals surface area contributed by atoms with E-state index in [1.165, 1.54) is 68.3 Å². The van der Waals surface area contributed by atoms with Crippen LogP contribution in [0.25, 0.3) is 0 Å². The summed E-state index contributed by atoms with van der Waals surface area (Å²) in [6.45, 7) is 7.93. The first-order valence-corrected chi connectivity index (χ1v) is 11.4. The monoisotopic (exact) mass is 382 g/mol. The molecular weight excluding hydrogens is 344 g/mol. The molecule has 0 heterocycles. The minimum Gasteiger partial charge on any atom is -0.498 e. The van der Waals surface area contributed by atoms with Gasteiger partial charge in [-0.3, -0.25) is 0 Å². The van der Waals surface area contributed by atoms with Crippen LogP contribution >= 0.6 is 0 Å². The van der Waals surface area contributed by atoms with E-state index in [2.05, 4.69) is 43.8 Å². The number of unbranched alkanes of at least 4 members (excludes halogenated alkanes) is 3. The third kappa shape index (κ3) is 7.04. The van der Waals surface area contributed by atoms with Gasteiger partial charge in [0, 0.05) is 6.42 Å². The zero-order chi connectivity index (χ0) is 19.6. The third-order valence-electron chi connectivity index (χ3n) is 6.43. The van der Waals surface area contributed by atoms with Crippen LogP contribution in [0.3, 0.4) is 0 Å². The van der Waals surface area contributed by atoms with Crippen LogP contribution in [0.1, 0.15) is 76.2 Å². The summed E-state index contributed by atoms with van der Waals surface area (Å²) in [6, 6.07) is 8.30. The summed E-state index contributed by atoms with van der Waals surface area (Å²) in [4.78, 5) is 0. The van der Waals surface area contributed by atoms with Crippen molar-refractivity contribution in [1.82, 2.24) is 0 Å². The maximum Gasteiger partial charge on any atom is 0.119 e. The molecule has 2 nitrogen and oxygen atoms in total. The Labute approximate surface area is 172 Å². The molecule has 0 N–H and O–H groups in total. The second-order valence-electron chi connectivity index (χ2n) is 8.72. The zero-order valence-electron chi connectivity index (χ0n) is 17.8. The van der Waals surface area contributed by atoms with Crippen LogP contribution in [0.2, 0.25) is 0 Å². The van der Waals surface area contributed by atoms with Crippen molar-refractivity contribution in [3.8, 4) is 5.75 Å². The highest BCUT2D eigenvalue weighted by molar-refractivity contribution is 5.26. The molecule has 0 aliphatic heterocycles. The normalized spacial score (nSPS) is 20.7. The Balaban J connectivity index is 1.19. The summed E-state index contributed by atoms with van der Waals surface area (Å²) in [5.41, 5.74) is 2.74. The predicted molar refractivity (Wildman–Crippen MR) is 118 cm³/mol. The van der Waals surface area contributed by atoms with Gasteiger partial charge in [-0.05, 0) is 101 Å². The van der Waals surface area contributed by atoms with E-state index >= 15 is 0 Å². The Morgan fingerprint density at radius 1 is 0.821 bits per heavy atom. The van der Waals surface area contributed by atoms with Crippen molar-refractivity contribution in [2.24, 2.45) is 11.8 Å². The molecule has 1 fully saturated rings.